The molecule has 0 aliphatic heterocycles. The maximum atomic E-state index is 13.6. The zero-order valence-corrected chi connectivity index (χ0v) is 19.8. The number of nitrogens with one attached hydrogen (secondary N) is 2. The Bertz CT molecular complexity index is 1400. The Balaban J connectivity index is 1.33. The van der Waals surface area contributed by atoms with E-state index < -0.39 is 11.9 Å². The van der Waals surface area contributed by atoms with Gasteiger partial charge in [-0.05, 0) is 47.4 Å². The van der Waals surface area contributed by atoms with E-state index in [1.807, 2.05) is 66.0 Å². The van der Waals surface area contributed by atoms with Crippen LogP contribution in [0.3, 0.4) is 0 Å². The number of rotatable bonds is 7. The number of para-hydroxylation sites is 1. The maximum Gasteiger partial charge on any atom is 0.321 e. The van der Waals surface area contributed by atoms with Crippen LogP contribution in [0, 0.1) is 0 Å². The number of fused-ring (bicyclic) bond motifs is 1. The number of imide groups is 1. The van der Waals surface area contributed by atoms with Crippen molar-refractivity contribution in [3.05, 3.63) is 87.5 Å². The molecule has 2 N–H and O–H groups in total. The van der Waals surface area contributed by atoms with Crippen molar-refractivity contribution in [3.8, 4) is 5.69 Å². The van der Waals surface area contributed by atoms with Crippen LogP contribution in [-0.4, -0.2) is 27.2 Å². The molecule has 0 unspecified atom stereocenters. The lowest BCUT2D eigenvalue weighted by Gasteiger charge is -2.12. The van der Waals surface area contributed by atoms with Gasteiger partial charge in [0.25, 0.3) is 5.56 Å². The second kappa shape index (κ2) is 9.82. The smallest absolute Gasteiger partial charge is 0.321 e. The molecule has 0 atom stereocenters. The number of nitrogens with zero attached hydrogens (tertiary/aromatic N) is 2. The lowest BCUT2D eigenvalue weighted by molar-refractivity contribution is -0.117. The lowest BCUT2D eigenvalue weighted by Crippen LogP contribution is -2.40. The molecule has 9 heteroatoms. The summed E-state index contributed by atoms with van der Waals surface area (Å²) >= 11 is 2.60. The van der Waals surface area contributed by atoms with E-state index in [4.69, 9.17) is 4.98 Å². The summed E-state index contributed by atoms with van der Waals surface area (Å²) in [5.41, 5.74) is 2.58. The molecule has 2 aromatic carbocycles. The molecule has 1 aliphatic carbocycles. The highest BCUT2D eigenvalue weighted by Gasteiger charge is 2.29. The van der Waals surface area contributed by atoms with E-state index in [-0.39, 0.29) is 11.3 Å². The van der Waals surface area contributed by atoms with Crippen LogP contribution in [0.4, 0.5) is 4.79 Å². The monoisotopic (exact) mass is 490 g/mol. The molecule has 0 radical (unpaired) electrons. The third kappa shape index (κ3) is 4.90. The van der Waals surface area contributed by atoms with Gasteiger partial charge in [-0.1, -0.05) is 60.3 Å². The second-order valence-corrected chi connectivity index (χ2v) is 9.82. The zero-order valence-electron chi connectivity index (χ0n) is 18.2. The van der Waals surface area contributed by atoms with Crippen molar-refractivity contribution < 1.29 is 9.59 Å². The standard InChI is InChI=1S/C25H22N4O3S2/c30-20(27-24(32)26-13-16-7-3-1-4-8-16)15-34-25-28-22-21(19(14-33-22)17-11-12-17)23(31)29(25)18-9-5-2-6-10-18/h1-10,14,17H,11-13,15H2,(H2,26,27,30,32). The van der Waals surface area contributed by atoms with Gasteiger partial charge in [-0.3, -0.25) is 19.5 Å². The first-order valence-electron chi connectivity index (χ1n) is 10.9. The largest absolute Gasteiger partial charge is 0.334 e. The minimum atomic E-state index is -0.564. The Morgan fingerprint density at radius 3 is 2.47 bits per heavy atom. The number of aromatic nitrogens is 2. The fourth-order valence-electron chi connectivity index (χ4n) is 3.70. The molecule has 2 aromatic heterocycles. The SMILES string of the molecule is O=C(CSc1nc2scc(C3CC3)c2c(=O)n1-c1ccccc1)NC(=O)NCc1ccccc1. The van der Waals surface area contributed by atoms with Crippen LogP contribution in [0.1, 0.15) is 29.9 Å². The van der Waals surface area contributed by atoms with Crippen LogP contribution in [0.2, 0.25) is 0 Å². The van der Waals surface area contributed by atoms with E-state index >= 15 is 0 Å². The molecule has 0 bridgehead atoms. The minimum Gasteiger partial charge on any atom is -0.334 e. The number of thioether (sulfide) groups is 1. The number of carbonyl (C=O) groups excluding carboxylic acids is 2. The highest BCUT2D eigenvalue weighted by Crippen LogP contribution is 2.44. The van der Waals surface area contributed by atoms with Crippen molar-refractivity contribution in [2.75, 3.05) is 5.75 Å². The Kier molecular flexibility index (Phi) is 6.46. The molecule has 5 rings (SSSR count). The molecular formula is C25H22N4O3S2. The summed E-state index contributed by atoms with van der Waals surface area (Å²) in [4.78, 5) is 43.5. The number of hydrogen-bond donors (Lipinski definition) is 2. The van der Waals surface area contributed by atoms with Gasteiger partial charge in [0.2, 0.25) is 5.91 Å². The van der Waals surface area contributed by atoms with E-state index in [1.165, 1.54) is 11.3 Å². The summed E-state index contributed by atoms with van der Waals surface area (Å²) in [5.74, 6) is -0.0785. The summed E-state index contributed by atoms with van der Waals surface area (Å²) in [7, 11) is 0. The first kappa shape index (κ1) is 22.4. The second-order valence-electron chi connectivity index (χ2n) is 8.02. The molecule has 4 aromatic rings. The molecule has 34 heavy (non-hydrogen) atoms. The number of carbonyl (C=O) groups is 2. The van der Waals surface area contributed by atoms with Crippen molar-refractivity contribution in [2.45, 2.75) is 30.5 Å². The van der Waals surface area contributed by atoms with Crippen molar-refractivity contribution in [1.82, 2.24) is 20.2 Å². The Labute approximate surface area is 204 Å². The molecule has 172 valence electrons. The van der Waals surface area contributed by atoms with Gasteiger partial charge in [-0.15, -0.1) is 11.3 Å². The van der Waals surface area contributed by atoms with Crippen molar-refractivity contribution in [1.29, 1.82) is 0 Å². The van der Waals surface area contributed by atoms with Gasteiger partial charge < -0.3 is 5.32 Å². The quantitative estimate of drug-likeness (QED) is 0.295. The lowest BCUT2D eigenvalue weighted by atomic mass is 10.1. The summed E-state index contributed by atoms with van der Waals surface area (Å²) in [6.45, 7) is 0.320. The Morgan fingerprint density at radius 2 is 1.76 bits per heavy atom. The van der Waals surface area contributed by atoms with Gasteiger partial charge in [0.05, 0.1) is 16.8 Å². The van der Waals surface area contributed by atoms with E-state index in [9.17, 15) is 14.4 Å². The normalized spacial score (nSPS) is 13.1. The first-order valence-corrected chi connectivity index (χ1v) is 12.8. The van der Waals surface area contributed by atoms with Gasteiger partial charge in [-0.2, -0.15) is 0 Å². The van der Waals surface area contributed by atoms with Gasteiger partial charge in [0, 0.05) is 6.54 Å². The molecule has 1 saturated carbocycles. The fourth-order valence-corrected chi connectivity index (χ4v) is 5.58. The van der Waals surface area contributed by atoms with Crippen LogP contribution in [0.15, 0.2) is 76.0 Å². The Hall–Kier alpha value is -3.43. The van der Waals surface area contributed by atoms with Gasteiger partial charge in [-0.25, -0.2) is 9.78 Å². The zero-order chi connectivity index (χ0) is 23.5. The van der Waals surface area contributed by atoms with Crippen LogP contribution in [0.25, 0.3) is 15.9 Å². The molecule has 1 aliphatic rings. The molecule has 2 heterocycles. The topological polar surface area (TPSA) is 93.1 Å². The molecule has 7 nitrogen and oxygen atoms in total. The van der Waals surface area contributed by atoms with Gasteiger partial charge >= 0.3 is 6.03 Å². The summed E-state index contributed by atoms with van der Waals surface area (Å²) in [5, 5.41) is 8.13. The number of thiophene rings is 1. The summed E-state index contributed by atoms with van der Waals surface area (Å²) in [6.07, 6.45) is 2.19. The number of benzene rings is 2. The van der Waals surface area contributed by atoms with Crippen LogP contribution < -0.4 is 16.2 Å². The highest BCUT2D eigenvalue weighted by atomic mass is 32.2. The summed E-state index contributed by atoms with van der Waals surface area (Å²) in [6, 6.07) is 18.2. The molecule has 0 spiro atoms. The van der Waals surface area contributed by atoms with Crippen molar-refractivity contribution in [3.63, 3.8) is 0 Å². The van der Waals surface area contributed by atoms with Crippen LogP contribution in [0.5, 0.6) is 0 Å². The highest BCUT2D eigenvalue weighted by molar-refractivity contribution is 7.99. The number of amides is 3. The molecule has 0 saturated heterocycles. The molecule has 1 fully saturated rings. The van der Waals surface area contributed by atoms with Crippen LogP contribution >= 0.6 is 23.1 Å². The van der Waals surface area contributed by atoms with E-state index in [0.717, 1.165) is 35.7 Å². The molecular weight excluding hydrogens is 468 g/mol. The maximum absolute atomic E-state index is 13.6. The van der Waals surface area contributed by atoms with Crippen molar-refractivity contribution in [2.24, 2.45) is 0 Å². The van der Waals surface area contributed by atoms with E-state index in [2.05, 4.69) is 10.6 Å². The first-order chi connectivity index (χ1) is 16.6. The Morgan fingerprint density at radius 1 is 1.06 bits per heavy atom. The van der Waals surface area contributed by atoms with E-state index in [1.54, 1.807) is 4.57 Å². The average Bonchev–Trinajstić information content (AvgIpc) is 3.61. The predicted molar refractivity (Wildman–Crippen MR) is 135 cm³/mol. The average molecular weight is 491 g/mol. The predicted octanol–water partition coefficient (Wildman–Crippen LogP) is 4.44. The number of hydrogen-bond acceptors (Lipinski definition) is 6. The number of urea groups is 1. The third-order valence-corrected chi connectivity index (χ3v) is 7.35. The van der Waals surface area contributed by atoms with Crippen molar-refractivity contribution >= 4 is 45.3 Å². The van der Waals surface area contributed by atoms with E-state index in [0.29, 0.717) is 33.5 Å². The molecule has 3 amide bonds. The van der Waals surface area contributed by atoms with Crippen LogP contribution in [-0.2, 0) is 11.3 Å². The minimum absolute atomic E-state index is 0.0512. The fraction of sp³-hybridized carbons (Fsp3) is 0.200. The van der Waals surface area contributed by atoms with Gasteiger partial charge in [0.1, 0.15) is 4.83 Å². The van der Waals surface area contributed by atoms with Gasteiger partial charge in [0.15, 0.2) is 5.16 Å². The summed E-state index contributed by atoms with van der Waals surface area (Å²) < 4.78 is 1.56. The third-order valence-electron chi connectivity index (χ3n) is 5.52.